The normalized spacial score (nSPS) is 12.2. The van der Waals surface area contributed by atoms with Crippen LogP contribution in [0, 0.1) is 0 Å². The molecule has 1 atom stereocenters. The third-order valence-corrected chi connectivity index (χ3v) is 2.80. The van der Waals surface area contributed by atoms with E-state index in [-0.39, 0.29) is 12.6 Å². The molecule has 1 aromatic carbocycles. The molecule has 1 aromatic heterocycles. The highest BCUT2D eigenvalue weighted by Crippen LogP contribution is 2.25. The highest BCUT2D eigenvalue weighted by Gasteiger charge is 2.09. The van der Waals surface area contributed by atoms with Crippen LogP contribution in [0.4, 0.5) is 5.69 Å². The van der Waals surface area contributed by atoms with Crippen LogP contribution in [0.5, 0.6) is 5.75 Å². The topological polar surface area (TPSA) is 54.6 Å². The van der Waals surface area contributed by atoms with E-state index in [0.717, 1.165) is 17.0 Å². The molecule has 96 valence electrons. The molecule has 0 bridgehead atoms. The number of methoxy groups -OCH3 is 1. The van der Waals surface area contributed by atoms with Gasteiger partial charge in [-0.2, -0.15) is 0 Å². The summed E-state index contributed by atoms with van der Waals surface area (Å²) in [7, 11) is 1.59. The molecule has 0 radical (unpaired) electrons. The predicted molar refractivity (Wildman–Crippen MR) is 69.7 cm³/mol. The maximum atomic E-state index is 9.27. The van der Waals surface area contributed by atoms with E-state index in [4.69, 9.17) is 9.15 Å². The molecule has 2 aromatic rings. The zero-order valence-electron chi connectivity index (χ0n) is 10.5. The predicted octanol–water partition coefficient (Wildman–Crippen LogP) is 2.95. The van der Waals surface area contributed by atoms with E-state index < -0.39 is 0 Å². The van der Waals surface area contributed by atoms with Gasteiger partial charge in [-0.25, -0.2) is 0 Å². The number of rotatable bonds is 5. The highest BCUT2D eigenvalue weighted by molar-refractivity contribution is 5.51. The molecule has 0 amide bonds. The van der Waals surface area contributed by atoms with Crippen LogP contribution in [0.1, 0.15) is 24.3 Å². The van der Waals surface area contributed by atoms with Gasteiger partial charge in [0.15, 0.2) is 0 Å². The Morgan fingerprint density at radius 2 is 2.22 bits per heavy atom. The van der Waals surface area contributed by atoms with Crippen LogP contribution >= 0.6 is 0 Å². The van der Waals surface area contributed by atoms with Crippen molar-refractivity contribution in [2.75, 3.05) is 12.4 Å². The molecule has 0 saturated carbocycles. The number of anilines is 1. The summed E-state index contributed by atoms with van der Waals surface area (Å²) in [5, 5.41) is 12.6. The second kappa shape index (κ2) is 5.60. The Labute approximate surface area is 106 Å². The molecule has 4 heteroatoms. The van der Waals surface area contributed by atoms with Crippen molar-refractivity contribution in [3.63, 3.8) is 0 Å². The van der Waals surface area contributed by atoms with Crippen molar-refractivity contribution in [3.05, 3.63) is 47.9 Å². The average Bonchev–Trinajstić information content (AvgIpc) is 2.92. The van der Waals surface area contributed by atoms with Crippen molar-refractivity contribution in [3.8, 4) is 5.75 Å². The van der Waals surface area contributed by atoms with E-state index in [1.807, 2.05) is 37.3 Å². The van der Waals surface area contributed by atoms with E-state index in [9.17, 15) is 5.11 Å². The van der Waals surface area contributed by atoms with Crippen molar-refractivity contribution in [1.82, 2.24) is 0 Å². The van der Waals surface area contributed by atoms with E-state index in [1.54, 1.807) is 13.4 Å². The summed E-state index contributed by atoms with van der Waals surface area (Å²) in [5.41, 5.74) is 1.68. The van der Waals surface area contributed by atoms with Gasteiger partial charge < -0.3 is 19.6 Å². The number of ether oxygens (including phenoxy) is 1. The molecule has 0 fully saturated rings. The Morgan fingerprint density at radius 1 is 1.39 bits per heavy atom. The fourth-order valence-electron chi connectivity index (χ4n) is 1.85. The van der Waals surface area contributed by atoms with Crippen molar-refractivity contribution < 1.29 is 14.3 Å². The first kappa shape index (κ1) is 12.5. The van der Waals surface area contributed by atoms with Crippen molar-refractivity contribution >= 4 is 5.69 Å². The number of benzene rings is 1. The van der Waals surface area contributed by atoms with Gasteiger partial charge in [0.05, 0.1) is 26.0 Å². The second-order valence-corrected chi connectivity index (χ2v) is 4.07. The molecule has 0 spiro atoms. The van der Waals surface area contributed by atoms with Crippen LogP contribution in [0.3, 0.4) is 0 Å². The smallest absolute Gasteiger partial charge is 0.125 e. The summed E-state index contributed by atoms with van der Waals surface area (Å²) in [4.78, 5) is 0. The molecule has 2 N–H and O–H groups in total. The van der Waals surface area contributed by atoms with E-state index in [0.29, 0.717) is 5.75 Å². The minimum Gasteiger partial charge on any atom is -0.496 e. The summed E-state index contributed by atoms with van der Waals surface area (Å²) in [6.07, 6.45) is 1.65. The Kier molecular flexibility index (Phi) is 3.89. The van der Waals surface area contributed by atoms with Gasteiger partial charge in [-0.15, -0.1) is 0 Å². The first-order valence-corrected chi connectivity index (χ1v) is 5.82. The molecule has 0 saturated heterocycles. The zero-order chi connectivity index (χ0) is 13.0. The second-order valence-electron chi connectivity index (χ2n) is 4.07. The summed E-state index contributed by atoms with van der Waals surface area (Å²) in [6, 6.07) is 9.48. The Balaban J connectivity index is 2.14. The molecular weight excluding hydrogens is 230 g/mol. The Hall–Kier alpha value is -1.94. The quantitative estimate of drug-likeness (QED) is 0.853. The summed E-state index contributed by atoms with van der Waals surface area (Å²) in [6.45, 7) is 1.97. The standard InChI is InChI=1S/C14H17NO3/c1-10(13-4-3-7-18-13)15-12-5-6-14(17-2)11(8-12)9-16/h3-8,10,15-16H,9H2,1-2H3. The van der Waals surface area contributed by atoms with Crippen LogP contribution in [-0.4, -0.2) is 12.2 Å². The molecule has 4 nitrogen and oxygen atoms in total. The molecule has 18 heavy (non-hydrogen) atoms. The van der Waals surface area contributed by atoms with Gasteiger partial charge in [0.25, 0.3) is 0 Å². The first-order chi connectivity index (χ1) is 8.74. The lowest BCUT2D eigenvalue weighted by molar-refractivity contribution is 0.274. The summed E-state index contributed by atoms with van der Waals surface area (Å²) >= 11 is 0. The van der Waals surface area contributed by atoms with Crippen molar-refractivity contribution in [1.29, 1.82) is 0 Å². The van der Waals surface area contributed by atoms with Gasteiger partial charge in [0.1, 0.15) is 11.5 Å². The minimum atomic E-state index is -0.0478. The molecule has 2 rings (SSSR count). The third-order valence-electron chi connectivity index (χ3n) is 2.80. The van der Waals surface area contributed by atoms with E-state index >= 15 is 0 Å². The number of aliphatic hydroxyl groups excluding tert-OH is 1. The van der Waals surface area contributed by atoms with Crippen LogP contribution in [0.25, 0.3) is 0 Å². The van der Waals surface area contributed by atoms with Gasteiger partial charge in [-0.05, 0) is 37.3 Å². The van der Waals surface area contributed by atoms with E-state index in [2.05, 4.69) is 5.32 Å². The molecule has 1 unspecified atom stereocenters. The number of furan rings is 1. The lowest BCUT2D eigenvalue weighted by Gasteiger charge is -2.15. The first-order valence-electron chi connectivity index (χ1n) is 5.82. The van der Waals surface area contributed by atoms with Gasteiger partial charge >= 0.3 is 0 Å². The van der Waals surface area contributed by atoms with Crippen molar-refractivity contribution in [2.24, 2.45) is 0 Å². The third kappa shape index (κ3) is 2.65. The van der Waals surface area contributed by atoms with Gasteiger partial charge in [-0.3, -0.25) is 0 Å². The van der Waals surface area contributed by atoms with Crippen molar-refractivity contribution in [2.45, 2.75) is 19.6 Å². The zero-order valence-corrected chi connectivity index (χ0v) is 10.5. The van der Waals surface area contributed by atoms with E-state index in [1.165, 1.54) is 0 Å². The maximum Gasteiger partial charge on any atom is 0.125 e. The van der Waals surface area contributed by atoms with Crippen LogP contribution in [0.15, 0.2) is 41.0 Å². The number of nitrogens with one attached hydrogen (secondary N) is 1. The lowest BCUT2D eigenvalue weighted by atomic mass is 10.1. The van der Waals surface area contributed by atoms with Gasteiger partial charge in [0, 0.05) is 11.3 Å². The minimum absolute atomic E-state index is 0.0478. The fourth-order valence-corrected chi connectivity index (χ4v) is 1.85. The molecule has 0 aliphatic rings. The van der Waals surface area contributed by atoms with Crippen LogP contribution < -0.4 is 10.1 Å². The molecule has 0 aliphatic heterocycles. The number of hydrogen-bond donors (Lipinski definition) is 2. The Bertz CT molecular complexity index is 494. The van der Waals surface area contributed by atoms with Gasteiger partial charge in [0.2, 0.25) is 0 Å². The monoisotopic (exact) mass is 247 g/mol. The van der Waals surface area contributed by atoms with Crippen LogP contribution in [-0.2, 0) is 6.61 Å². The number of aliphatic hydroxyl groups is 1. The molecule has 1 heterocycles. The number of hydrogen-bond acceptors (Lipinski definition) is 4. The SMILES string of the molecule is COc1ccc(NC(C)c2ccco2)cc1CO. The average molecular weight is 247 g/mol. The lowest BCUT2D eigenvalue weighted by Crippen LogP contribution is -2.06. The molecule has 0 aliphatic carbocycles. The maximum absolute atomic E-state index is 9.27. The van der Waals surface area contributed by atoms with Gasteiger partial charge in [-0.1, -0.05) is 0 Å². The largest absolute Gasteiger partial charge is 0.496 e. The molecular formula is C14H17NO3. The Morgan fingerprint density at radius 3 is 2.83 bits per heavy atom. The highest BCUT2D eigenvalue weighted by atomic mass is 16.5. The van der Waals surface area contributed by atoms with Crippen LogP contribution in [0.2, 0.25) is 0 Å². The summed E-state index contributed by atoms with van der Waals surface area (Å²) in [5.74, 6) is 1.56. The fraction of sp³-hybridized carbons (Fsp3) is 0.286. The summed E-state index contributed by atoms with van der Waals surface area (Å²) < 4.78 is 10.5.